The van der Waals surface area contributed by atoms with Crippen molar-refractivity contribution < 1.29 is 4.79 Å². The molecule has 0 spiro atoms. The standard InChI is InChI=1S/C19H15ClIN3O/c1-12-17-10-11-23(15-8-4-14(21)5-9-15)19(25)18(17)24(22-12)16-6-2-13(20)3-7-16/h2-9H,10-11H2,1H3. The minimum absolute atomic E-state index is 0.0157. The second kappa shape index (κ2) is 6.46. The molecule has 0 radical (unpaired) electrons. The predicted octanol–water partition coefficient (Wildman–Crippen LogP) is 4.64. The van der Waals surface area contributed by atoms with Crippen molar-refractivity contribution in [1.29, 1.82) is 0 Å². The van der Waals surface area contributed by atoms with Crippen LogP contribution in [0.2, 0.25) is 5.02 Å². The highest BCUT2D eigenvalue weighted by Crippen LogP contribution is 2.29. The van der Waals surface area contributed by atoms with E-state index < -0.39 is 0 Å². The van der Waals surface area contributed by atoms with Crippen LogP contribution in [-0.4, -0.2) is 22.2 Å². The maximum absolute atomic E-state index is 13.2. The Morgan fingerprint density at radius 3 is 2.36 bits per heavy atom. The number of aromatic nitrogens is 2. The van der Waals surface area contributed by atoms with E-state index in [1.54, 1.807) is 4.68 Å². The van der Waals surface area contributed by atoms with Crippen molar-refractivity contribution in [3.8, 4) is 5.69 Å². The Hall–Kier alpha value is -1.86. The maximum atomic E-state index is 13.2. The van der Waals surface area contributed by atoms with E-state index in [0.717, 1.165) is 32.6 Å². The number of carbonyl (C=O) groups is 1. The van der Waals surface area contributed by atoms with Crippen LogP contribution >= 0.6 is 34.2 Å². The molecule has 0 saturated carbocycles. The first-order chi connectivity index (χ1) is 12.0. The maximum Gasteiger partial charge on any atom is 0.277 e. The van der Waals surface area contributed by atoms with Crippen LogP contribution in [0.15, 0.2) is 48.5 Å². The van der Waals surface area contributed by atoms with Gasteiger partial charge in [-0.2, -0.15) is 5.10 Å². The van der Waals surface area contributed by atoms with Gasteiger partial charge >= 0.3 is 0 Å². The molecule has 1 amide bonds. The predicted molar refractivity (Wildman–Crippen MR) is 108 cm³/mol. The summed E-state index contributed by atoms with van der Waals surface area (Å²) < 4.78 is 2.89. The van der Waals surface area contributed by atoms with E-state index in [1.165, 1.54) is 0 Å². The number of rotatable bonds is 2. The smallest absolute Gasteiger partial charge is 0.277 e. The molecule has 4 nitrogen and oxygen atoms in total. The molecular weight excluding hydrogens is 449 g/mol. The summed E-state index contributed by atoms with van der Waals surface area (Å²) in [7, 11) is 0. The summed E-state index contributed by atoms with van der Waals surface area (Å²) in [5.74, 6) is -0.0157. The number of nitrogens with zero attached hydrogens (tertiary/aromatic N) is 3. The van der Waals surface area contributed by atoms with Crippen molar-refractivity contribution in [3.63, 3.8) is 0 Å². The molecule has 1 aromatic heterocycles. The first-order valence-electron chi connectivity index (χ1n) is 7.96. The molecule has 126 valence electrons. The van der Waals surface area contributed by atoms with Crippen molar-refractivity contribution in [2.75, 3.05) is 11.4 Å². The lowest BCUT2D eigenvalue weighted by Gasteiger charge is -2.27. The number of aryl methyl sites for hydroxylation is 1. The summed E-state index contributed by atoms with van der Waals surface area (Å²) in [5, 5.41) is 5.27. The second-order valence-corrected chi connectivity index (χ2v) is 7.67. The average molecular weight is 464 g/mol. The molecule has 2 heterocycles. The topological polar surface area (TPSA) is 38.1 Å². The molecule has 0 atom stereocenters. The fraction of sp³-hybridized carbons (Fsp3) is 0.158. The van der Waals surface area contributed by atoms with Crippen molar-refractivity contribution in [2.24, 2.45) is 0 Å². The zero-order chi connectivity index (χ0) is 17.6. The Kier molecular flexibility index (Phi) is 4.29. The van der Waals surface area contributed by atoms with Gasteiger partial charge in [-0.15, -0.1) is 0 Å². The molecule has 2 aromatic carbocycles. The number of hydrogen-bond donors (Lipinski definition) is 0. The van der Waals surface area contributed by atoms with Gasteiger partial charge in [0.2, 0.25) is 0 Å². The van der Waals surface area contributed by atoms with Crippen LogP contribution in [0, 0.1) is 10.5 Å². The van der Waals surface area contributed by atoms with Gasteiger partial charge in [0.15, 0.2) is 0 Å². The van der Waals surface area contributed by atoms with Gasteiger partial charge in [-0.1, -0.05) is 11.6 Å². The molecule has 1 aliphatic rings. The number of amides is 1. The van der Waals surface area contributed by atoms with Gasteiger partial charge in [-0.25, -0.2) is 4.68 Å². The average Bonchev–Trinajstić information content (AvgIpc) is 2.95. The van der Waals surface area contributed by atoms with Crippen LogP contribution in [0.3, 0.4) is 0 Å². The monoisotopic (exact) mass is 463 g/mol. The summed E-state index contributed by atoms with van der Waals surface area (Å²) in [6.07, 6.45) is 0.798. The van der Waals surface area contributed by atoms with Crippen LogP contribution in [-0.2, 0) is 6.42 Å². The molecule has 4 rings (SSSR count). The van der Waals surface area contributed by atoms with E-state index in [1.807, 2.05) is 60.4 Å². The molecule has 25 heavy (non-hydrogen) atoms. The van der Waals surface area contributed by atoms with Crippen molar-refractivity contribution >= 4 is 45.8 Å². The second-order valence-electron chi connectivity index (χ2n) is 5.98. The van der Waals surface area contributed by atoms with E-state index in [-0.39, 0.29) is 5.91 Å². The van der Waals surface area contributed by atoms with Gasteiger partial charge < -0.3 is 4.90 Å². The minimum atomic E-state index is -0.0157. The van der Waals surface area contributed by atoms with Crippen molar-refractivity contribution in [3.05, 3.63) is 74.1 Å². The molecule has 0 bridgehead atoms. The lowest BCUT2D eigenvalue weighted by molar-refractivity contribution is 0.0973. The van der Waals surface area contributed by atoms with Crippen molar-refractivity contribution in [2.45, 2.75) is 13.3 Å². The Labute approximate surface area is 164 Å². The first kappa shape index (κ1) is 16.6. The quantitative estimate of drug-likeness (QED) is 0.519. The summed E-state index contributed by atoms with van der Waals surface area (Å²) >= 11 is 8.25. The first-order valence-corrected chi connectivity index (χ1v) is 9.42. The molecule has 1 aliphatic heterocycles. The van der Waals surface area contributed by atoms with Crippen LogP contribution in [0.4, 0.5) is 5.69 Å². The molecule has 0 N–H and O–H groups in total. The number of anilines is 1. The highest BCUT2D eigenvalue weighted by atomic mass is 127. The normalized spacial score (nSPS) is 13.9. The van der Waals surface area contributed by atoms with Gasteiger partial charge in [0, 0.05) is 26.4 Å². The van der Waals surface area contributed by atoms with Crippen molar-refractivity contribution in [1.82, 2.24) is 9.78 Å². The van der Waals surface area contributed by atoms with E-state index >= 15 is 0 Å². The molecule has 0 aliphatic carbocycles. The lowest BCUT2D eigenvalue weighted by atomic mass is 10.0. The van der Waals surface area contributed by atoms with Crippen LogP contribution in [0.5, 0.6) is 0 Å². The highest BCUT2D eigenvalue weighted by Gasteiger charge is 2.31. The SMILES string of the molecule is Cc1nn(-c2ccc(Cl)cc2)c2c1CCN(c1ccc(I)cc1)C2=O. The number of hydrogen-bond acceptors (Lipinski definition) is 2. The van der Waals surface area contributed by atoms with Gasteiger partial charge in [-0.3, -0.25) is 4.79 Å². The number of benzene rings is 2. The summed E-state index contributed by atoms with van der Waals surface area (Å²) in [6.45, 7) is 2.62. The zero-order valence-electron chi connectivity index (χ0n) is 13.5. The van der Waals surface area contributed by atoms with Crippen LogP contribution in [0.1, 0.15) is 21.7 Å². The third kappa shape index (κ3) is 2.95. The minimum Gasteiger partial charge on any atom is -0.307 e. The van der Waals surface area contributed by atoms with E-state index in [4.69, 9.17) is 11.6 Å². The van der Waals surface area contributed by atoms with Gasteiger partial charge in [0.25, 0.3) is 5.91 Å². The molecule has 0 unspecified atom stereocenters. The van der Waals surface area contributed by atoms with Crippen LogP contribution < -0.4 is 4.90 Å². The molecule has 6 heteroatoms. The van der Waals surface area contributed by atoms with E-state index in [0.29, 0.717) is 17.3 Å². The Bertz CT molecular complexity index is 948. The fourth-order valence-corrected chi connectivity index (χ4v) is 3.65. The Morgan fingerprint density at radius 1 is 1.04 bits per heavy atom. The van der Waals surface area contributed by atoms with Gasteiger partial charge in [0.05, 0.1) is 11.4 Å². The highest BCUT2D eigenvalue weighted by molar-refractivity contribution is 14.1. The van der Waals surface area contributed by atoms with Gasteiger partial charge in [0.1, 0.15) is 5.69 Å². The van der Waals surface area contributed by atoms with E-state index in [2.05, 4.69) is 27.7 Å². The molecule has 0 saturated heterocycles. The zero-order valence-corrected chi connectivity index (χ0v) is 16.5. The largest absolute Gasteiger partial charge is 0.307 e. The third-order valence-corrected chi connectivity index (χ3v) is 5.40. The van der Waals surface area contributed by atoms with Crippen LogP contribution in [0.25, 0.3) is 5.69 Å². The fourth-order valence-electron chi connectivity index (χ4n) is 3.17. The summed E-state index contributed by atoms with van der Waals surface area (Å²) in [5.41, 5.74) is 4.33. The number of fused-ring (bicyclic) bond motifs is 1. The number of carbonyl (C=O) groups excluding carboxylic acids is 1. The molecule has 3 aromatic rings. The summed E-state index contributed by atoms with van der Waals surface area (Å²) in [4.78, 5) is 15.0. The lowest BCUT2D eigenvalue weighted by Crippen LogP contribution is -2.38. The van der Waals surface area contributed by atoms with E-state index in [9.17, 15) is 4.79 Å². The Morgan fingerprint density at radius 2 is 1.68 bits per heavy atom. The number of halogens is 2. The molecular formula is C19H15ClIN3O. The summed E-state index contributed by atoms with van der Waals surface area (Å²) in [6, 6.07) is 15.4. The molecule has 0 fully saturated rings. The Balaban J connectivity index is 1.79. The van der Waals surface area contributed by atoms with Gasteiger partial charge in [-0.05, 0) is 84.5 Å². The third-order valence-electron chi connectivity index (χ3n) is 4.43.